The fourth-order valence-corrected chi connectivity index (χ4v) is 1.54. The SMILES string of the molecule is C[C@H]1[C@H](CC(=O)O)NCCN1C. The molecule has 0 aliphatic carbocycles. The lowest BCUT2D eigenvalue weighted by Gasteiger charge is -2.37. The highest BCUT2D eigenvalue weighted by Crippen LogP contribution is 2.09. The molecule has 0 radical (unpaired) electrons. The Balaban J connectivity index is 2.46. The third kappa shape index (κ3) is 2.19. The number of hydrogen-bond donors (Lipinski definition) is 2. The molecule has 1 saturated heterocycles. The van der Waals surface area contributed by atoms with Gasteiger partial charge in [-0.2, -0.15) is 0 Å². The molecule has 0 spiro atoms. The first-order valence-electron chi connectivity index (χ1n) is 4.26. The topological polar surface area (TPSA) is 52.6 Å². The summed E-state index contributed by atoms with van der Waals surface area (Å²) < 4.78 is 0. The van der Waals surface area contributed by atoms with Crippen LogP contribution in [0.2, 0.25) is 0 Å². The molecule has 2 N–H and O–H groups in total. The molecule has 1 aliphatic heterocycles. The van der Waals surface area contributed by atoms with Crippen LogP contribution >= 0.6 is 0 Å². The van der Waals surface area contributed by atoms with E-state index in [1.807, 2.05) is 7.05 Å². The quantitative estimate of drug-likeness (QED) is 0.603. The highest BCUT2D eigenvalue weighted by molar-refractivity contribution is 5.67. The molecule has 1 aliphatic rings. The van der Waals surface area contributed by atoms with Gasteiger partial charge in [0.05, 0.1) is 6.42 Å². The minimum Gasteiger partial charge on any atom is -0.481 e. The largest absolute Gasteiger partial charge is 0.481 e. The van der Waals surface area contributed by atoms with Crippen LogP contribution in [0.1, 0.15) is 13.3 Å². The number of nitrogens with zero attached hydrogens (tertiary/aromatic N) is 1. The highest BCUT2D eigenvalue weighted by atomic mass is 16.4. The number of hydrogen-bond acceptors (Lipinski definition) is 3. The second-order valence-electron chi connectivity index (χ2n) is 3.38. The second-order valence-corrected chi connectivity index (χ2v) is 3.38. The van der Waals surface area contributed by atoms with Gasteiger partial charge in [-0.05, 0) is 14.0 Å². The van der Waals surface area contributed by atoms with Crippen molar-refractivity contribution < 1.29 is 9.90 Å². The molecule has 12 heavy (non-hydrogen) atoms. The molecular weight excluding hydrogens is 156 g/mol. The summed E-state index contributed by atoms with van der Waals surface area (Å²) in [6.07, 6.45) is 0.214. The van der Waals surface area contributed by atoms with Gasteiger partial charge in [0.25, 0.3) is 0 Å². The van der Waals surface area contributed by atoms with E-state index >= 15 is 0 Å². The summed E-state index contributed by atoms with van der Waals surface area (Å²) in [4.78, 5) is 12.6. The average Bonchev–Trinajstić information content (AvgIpc) is 1.98. The fraction of sp³-hybridized carbons (Fsp3) is 0.875. The van der Waals surface area contributed by atoms with E-state index in [2.05, 4.69) is 17.1 Å². The van der Waals surface area contributed by atoms with Crippen molar-refractivity contribution in [2.45, 2.75) is 25.4 Å². The summed E-state index contributed by atoms with van der Waals surface area (Å²) in [5.74, 6) is -0.727. The van der Waals surface area contributed by atoms with E-state index < -0.39 is 5.97 Å². The van der Waals surface area contributed by atoms with Gasteiger partial charge >= 0.3 is 5.97 Å². The van der Waals surface area contributed by atoms with Crippen molar-refractivity contribution in [2.75, 3.05) is 20.1 Å². The lowest BCUT2D eigenvalue weighted by molar-refractivity contribution is -0.138. The Bertz CT molecular complexity index is 172. The molecular formula is C8H16N2O2. The van der Waals surface area contributed by atoms with Crippen LogP contribution in [-0.2, 0) is 4.79 Å². The van der Waals surface area contributed by atoms with E-state index in [1.54, 1.807) is 0 Å². The molecule has 0 amide bonds. The zero-order valence-corrected chi connectivity index (χ0v) is 7.58. The summed E-state index contributed by atoms with van der Waals surface area (Å²) in [6, 6.07) is 0.413. The Kier molecular flexibility index (Phi) is 3.05. The smallest absolute Gasteiger partial charge is 0.304 e. The summed E-state index contributed by atoms with van der Waals surface area (Å²) in [7, 11) is 2.03. The standard InChI is InChI=1S/C8H16N2O2/c1-6-7(5-8(11)12)9-3-4-10(6)2/h6-7,9H,3-5H2,1-2H3,(H,11,12)/t6-,7-/m0/s1. The molecule has 1 rings (SSSR count). The van der Waals surface area contributed by atoms with Crippen LogP contribution in [0.5, 0.6) is 0 Å². The van der Waals surface area contributed by atoms with Crippen molar-refractivity contribution in [3.8, 4) is 0 Å². The molecule has 0 aromatic rings. The van der Waals surface area contributed by atoms with E-state index in [-0.39, 0.29) is 12.5 Å². The van der Waals surface area contributed by atoms with Crippen LogP contribution in [-0.4, -0.2) is 48.2 Å². The first kappa shape index (κ1) is 9.48. The Hall–Kier alpha value is -0.610. The number of aliphatic carboxylic acids is 1. The Morgan fingerprint density at radius 1 is 1.75 bits per heavy atom. The molecule has 4 heteroatoms. The Labute approximate surface area is 72.6 Å². The minimum atomic E-state index is -0.727. The predicted octanol–water partition coefficient (Wildman–Crippen LogP) is -0.247. The molecule has 2 atom stereocenters. The van der Waals surface area contributed by atoms with Crippen molar-refractivity contribution in [1.29, 1.82) is 0 Å². The average molecular weight is 172 g/mol. The number of nitrogens with one attached hydrogen (secondary N) is 1. The molecule has 4 nitrogen and oxygen atoms in total. The monoisotopic (exact) mass is 172 g/mol. The van der Waals surface area contributed by atoms with Gasteiger partial charge in [0, 0.05) is 25.2 Å². The van der Waals surface area contributed by atoms with E-state index in [1.165, 1.54) is 0 Å². The Morgan fingerprint density at radius 3 is 3.00 bits per heavy atom. The summed E-state index contributed by atoms with van der Waals surface area (Å²) in [5, 5.41) is 11.8. The van der Waals surface area contributed by atoms with Crippen LogP contribution in [0.15, 0.2) is 0 Å². The normalized spacial score (nSPS) is 31.8. The lowest BCUT2D eigenvalue weighted by Crippen LogP contribution is -2.55. The zero-order chi connectivity index (χ0) is 9.14. The number of carboxylic acids is 1. The molecule has 0 aromatic carbocycles. The van der Waals surface area contributed by atoms with Crippen LogP contribution in [0.3, 0.4) is 0 Å². The van der Waals surface area contributed by atoms with Gasteiger partial charge in [-0.25, -0.2) is 0 Å². The van der Waals surface area contributed by atoms with Crippen LogP contribution < -0.4 is 5.32 Å². The van der Waals surface area contributed by atoms with Crippen LogP contribution in [0, 0.1) is 0 Å². The molecule has 1 heterocycles. The number of rotatable bonds is 2. The summed E-state index contributed by atoms with van der Waals surface area (Å²) in [5.41, 5.74) is 0. The molecule has 70 valence electrons. The minimum absolute atomic E-state index is 0.0984. The van der Waals surface area contributed by atoms with Gasteiger partial charge in [0.1, 0.15) is 0 Å². The van der Waals surface area contributed by atoms with Crippen molar-refractivity contribution in [3.63, 3.8) is 0 Å². The van der Waals surface area contributed by atoms with Crippen molar-refractivity contribution in [2.24, 2.45) is 0 Å². The van der Waals surface area contributed by atoms with Crippen LogP contribution in [0.25, 0.3) is 0 Å². The van der Waals surface area contributed by atoms with E-state index in [4.69, 9.17) is 5.11 Å². The molecule has 0 bridgehead atoms. The maximum Gasteiger partial charge on any atom is 0.304 e. The fourth-order valence-electron chi connectivity index (χ4n) is 1.54. The number of carbonyl (C=O) groups is 1. The molecule has 0 aromatic heterocycles. The Morgan fingerprint density at radius 2 is 2.42 bits per heavy atom. The first-order chi connectivity index (χ1) is 5.61. The van der Waals surface area contributed by atoms with Crippen molar-refractivity contribution in [3.05, 3.63) is 0 Å². The maximum atomic E-state index is 10.5. The second kappa shape index (κ2) is 3.87. The molecule has 0 unspecified atom stereocenters. The van der Waals surface area contributed by atoms with Gasteiger partial charge < -0.3 is 15.3 Å². The van der Waals surface area contributed by atoms with Crippen molar-refractivity contribution in [1.82, 2.24) is 10.2 Å². The number of carboxylic acid groups (broad SMARTS) is 1. The first-order valence-corrected chi connectivity index (χ1v) is 4.26. The van der Waals surface area contributed by atoms with E-state index in [9.17, 15) is 4.79 Å². The van der Waals surface area contributed by atoms with E-state index in [0.29, 0.717) is 6.04 Å². The lowest BCUT2D eigenvalue weighted by atomic mass is 10.0. The predicted molar refractivity (Wildman–Crippen MR) is 46.1 cm³/mol. The van der Waals surface area contributed by atoms with Gasteiger partial charge in [-0.3, -0.25) is 4.79 Å². The number of likely N-dealkylation sites (N-methyl/N-ethyl adjacent to an activating group) is 1. The van der Waals surface area contributed by atoms with E-state index in [0.717, 1.165) is 13.1 Å². The van der Waals surface area contributed by atoms with Crippen LogP contribution in [0.4, 0.5) is 0 Å². The summed E-state index contributed by atoms with van der Waals surface area (Å²) >= 11 is 0. The van der Waals surface area contributed by atoms with Crippen molar-refractivity contribution >= 4 is 5.97 Å². The number of piperazine rings is 1. The maximum absolute atomic E-state index is 10.5. The van der Waals surface area contributed by atoms with Gasteiger partial charge in [-0.15, -0.1) is 0 Å². The summed E-state index contributed by atoms with van der Waals surface area (Å²) in [6.45, 7) is 3.94. The third-order valence-electron chi connectivity index (χ3n) is 2.54. The zero-order valence-electron chi connectivity index (χ0n) is 7.58. The molecule has 0 saturated carbocycles. The highest BCUT2D eigenvalue weighted by Gasteiger charge is 2.26. The van der Waals surface area contributed by atoms with Gasteiger partial charge in [0.2, 0.25) is 0 Å². The van der Waals surface area contributed by atoms with Gasteiger partial charge in [-0.1, -0.05) is 0 Å². The molecule has 1 fully saturated rings. The third-order valence-corrected chi connectivity index (χ3v) is 2.54. The van der Waals surface area contributed by atoms with Gasteiger partial charge in [0.15, 0.2) is 0 Å².